The fraction of sp³-hybridized carbons (Fsp3) is 0.725. The molecule has 1 aromatic carbocycles. The van der Waals surface area contributed by atoms with Gasteiger partial charge in [-0.15, -0.1) is 5.10 Å². The van der Waals surface area contributed by atoms with Crippen molar-refractivity contribution in [2.45, 2.75) is 108 Å². The van der Waals surface area contributed by atoms with Crippen LogP contribution in [0.2, 0.25) is 0 Å². The Kier molecular flexibility index (Phi) is 21.4. The molecule has 0 bridgehead atoms. The Morgan fingerprint density at radius 3 is 2.42 bits per heavy atom. The number of carbonyl (C=O) groups excluding carboxylic acids is 3. The summed E-state index contributed by atoms with van der Waals surface area (Å²) in [5.74, 6) is -0.844. The number of nitrogens with zero attached hydrogens (tertiary/aromatic N) is 5. The van der Waals surface area contributed by atoms with Crippen LogP contribution in [0.15, 0.2) is 41.6 Å². The van der Waals surface area contributed by atoms with Gasteiger partial charge in [0.05, 0.1) is 85.2 Å². The van der Waals surface area contributed by atoms with Crippen LogP contribution in [-0.4, -0.2) is 175 Å². The first-order valence-corrected chi connectivity index (χ1v) is 20.5. The topological polar surface area (TPSA) is 261 Å². The van der Waals surface area contributed by atoms with E-state index in [0.717, 1.165) is 5.56 Å². The largest absolute Gasteiger partial charge is 0.444 e. The fourth-order valence-corrected chi connectivity index (χ4v) is 6.42. The summed E-state index contributed by atoms with van der Waals surface area (Å²) in [6.45, 7) is 7.46. The lowest BCUT2D eigenvalue weighted by molar-refractivity contribution is -0.886. The number of quaternary nitrogens is 1. The first-order valence-electron chi connectivity index (χ1n) is 20.5. The van der Waals surface area contributed by atoms with E-state index in [1.54, 1.807) is 31.6 Å². The molecular weight excluding hydrogens is 782 g/mol. The van der Waals surface area contributed by atoms with Crippen LogP contribution < -0.4 is 16.0 Å². The SMILES string of the molecule is CC(C)(C)OC(=O)N[C@@H](Cc1cn(CCCC[C@@H](C(=O)NCC(CO[C@@H]2O[C@H](CO)C[C@H](O)[C@H]2O)c2ccccc2)[N+](C)(C)C)nn1)C(=O)NCCOCCOCCN=N. The maximum atomic E-state index is 13.7. The molecule has 0 saturated carbocycles. The number of alkyl carbamates (subject to hydrolysis) is 1. The third-order valence-corrected chi connectivity index (χ3v) is 9.59. The predicted molar refractivity (Wildman–Crippen MR) is 218 cm³/mol. The van der Waals surface area contributed by atoms with Crippen molar-refractivity contribution in [3.63, 3.8) is 0 Å². The van der Waals surface area contributed by atoms with Gasteiger partial charge in [-0.1, -0.05) is 35.5 Å². The predicted octanol–water partition coefficient (Wildman–Crippen LogP) is 0.885. The summed E-state index contributed by atoms with van der Waals surface area (Å²) in [6.07, 6.45) is -1.00. The van der Waals surface area contributed by atoms with Gasteiger partial charge in [0.2, 0.25) is 5.91 Å². The lowest BCUT2D eigenvalue weighted by atomic mass is 9.99. The molecule has 3 rings (SSSR count). The van der Waals surface area contributed by atoms with Gasteiger partial charge in [-0.2, -0.15) is 5.11 Å². The average Bonchev–Trinajstić information content (AvgIpc) is 3.64. The van der Waals surface area contributed by atoms with Crippen LogP contribution in [0.4, 0.5) is 4.79 Å². The number of rotatable bonds is 27. The smallest absolute Gasteiger partial charge is 0.408 e. The minimum absolute atomic E-state index is 0.0684. The van der Waals surface area contributed by atoms with E-state index in [4.69, 9.17) is 29.2 Å². The molecule has 1 aliphatic heterocycles. The maximum absolute atomic E-state index is 13.7. The number of nitrogens with one attached hydrogen (secondary N) is 4. The second-order valence-corrected chi connectivity index (χ2v) is 16.7. The second kappa shape index (κ2) is 25.6. The number of ether oxygens (including phenoxy) is 5. The van der Waals surface area contributed by atoms with Crippen molar-refractivity contribution in [3.8, 4) is 0 Å². The Morgan fingerprint density at radius 2 is 1.75 bits per heavy atom. The molecule has 0 aliphatic carbocycles. The Bertz CT molecular complexity index is 1570. The zero-order chi connectivity index (χ0) is 44.1. The molecule has 338 valence electrons. The highest BCUT2D eigenvalue weighted by molar-refractivity contribution is 5.86. The van der Waals surface area contributed by atoms with E-state index < -0.39 is 48.2 Å². The van der Waals surface area contributed by atoms with Crippen LogP contribution in [-0.2, 0) is 46.2 Å². The maximum Gasteiger partial charge on any atom is 0.408 e. The number of aromatic nitrogens is 3. The minimum atomic E-state index is -1.27. The number of aliphatic hydroxyl groups is 3. The first-order chi connectivity index (χ1) is 28.5. The number of aliphatic hydroxyl groups excluding tert-OH is 3. The molecule has 3 amide bonds. The number of amides is 3. The number of unbranched alkanes of at least 4 members (excludes halogenated alkanes) is 1. The lowest BCUT2D eigenvalue weighted by Gasteiger charge is -2.37. The average molecular weight is 851 g/mol. The van der Waals surface area contributed by atoms with E-state index in [2.05, 4.69) is 31.4 Å². The van der Waals surface area contributed by atoms with Crippen LogP contribution in [0.5, 0.6) is 0 Å². The molecule has 0 radical (unpaired) electrons. The van der Waals surface area contributed by atoms with Gasteiger partial charge >= 0.3 is 6.09 Å². The summed E-state index contributed by atoms with van der Waals surface area (Å²) >= 11 is 0. The standard InChI is InChI=1S/C40H67N9O11/c1-40(2,3)60-39(55)45-32(36(53)42-15-18-56-20-21-57-19-16-44-41)22-30-25-48(47-46-30)17-11-10-14-33(49(4,5)6)37(54)43-24-29(28-12-8-7-9-13-28)27-58-38-35(52)34(51)23-31(26-50)59-38/h7-9,12-13,25,29,31-35,38,41,50-52H,10-11,14-24,26-27H2,1-6H3,(H2-,42,43,45,53,54,55)/p+1/t29?,31-,32-,33-,34-,35+,38+/m0/s1. The van der Waals surface area contributed by atoms with Gasteiger partial charge in [-0.25, -0.2) is 10.3 Å². The van der Waals surface area contributed by atoms with E-state index >= 15 is 0 Å². The molecular formula is C40H68N9O11+. The van der Waals surface area contributed by atoms with Gasteiger partial charge in [-0.3, -0.25) is 14.3 Å². The number of hydrogen-bond acceptors (Lipinski definition) is 15. The minimum Gasteiger partial charge on any atom is -0.444 e. The molecule has 1 aromatic heterocycles. The zero-order valence-corrected chi connectivity index (χ0v) is 36.0. The Labute approximate surface area is 352 Å². The van der Waals surface area contributed by atoms with Gasteiger partial charge < -0.3 is 59.4 Å². The van der Waals surface area contributed by atoms with Gasteiger partial charge in [0.15, 0.2) is 12.3 Å². The molecule has 7 atom stereocenters. The Morgan fingerprint density at radius 1 is 1.03 bits per heavy atom. The van der Waals surface area contributed by atoms with Crippen molar-refractivity contribution in [2.75, 3.05) is 80.4 Å². The molecule has 7 N–H and O–H groups in total. The van der Waals surface area contributed by atoms with Crippen molar-refractivity contribution in [3.05, 3.63) is 47.8 Å². The van der Waals surface area contributed by atoms with Crippen molar-refractivity contribution >= 4 is 17.9 Å². The van der Waals surface area contributed by atoms with Gasteiger partial charge in [0.1, 0.15) is 17.7 Å². The highest BCUT2D eigenvalue weighted by Gasteiger charge is 2.38. The van der Waals surface area contributed by atoms with Crippen LogP contribution in [0, 0.1) is 5.53 Å². The first kappa shape index (κ1) is 50.2. The number of hydrogen-bond donors (Lipinski definition) is 7. The summed E-state index contributed by atoms with van der Waals surface area (Å²) in [6, 6.07) is 8.19. The molecule has 1 saturated heterocycles. The van der Waals surface area contributed by atoms with E-state index in [9.17, 15) is 29.7 Å². The van der Waals surface area contributed by atoms with E-state index in [1.807, 2.05) is 51.5 Å². The van der Waals surface area contributed by atoms with Crippen LogP contribution in [0.25, 0.3) is 0 Å². The van der Waals surface area contributed by atoms with Crippen LogP contribution in [0.1, 0.15) is 63.6 Å². The Balaban J connectivity index is 1.53. The fourth-order valence-electron chi connectivity index (χ4n) is 6.42. The number of aryl methyl sites for hydroxylation is 1. The molecule has 2 heterocycles. The van der Waals surface area contributed by atoms with Crippen molar-refractivity contribution in [2.24, 2.45) is 5.11 Å². The second-order valence-electron chi connectivity index (χ2n) is 16.7. The van der Waals surface area contributed by atoms with E-state index in [-0.39, 0.29) is 70.2 Å². The van der Waals surface area contributed by atoms with Gasteiger partial charge in [-0.05, 0) is 39.2 Å². The highest BCUT2D eigenvalue weighted by atomic mass is 16.7. The van der Waals surface area contributed by atoms with Crippen LogP contribution >= 0.6 is 0 Å². The molecule has 1 aliphatic rings. The molecule has 1 unspecified atom stereocenters. The van der Waals surface area contributed by atoms with Crippen molar-refractivity contribution in [1.82, 2.24) is 30.9 Å². The third kappa shape index (κ3) is 18.6. The molecule has 2 aromatic rings. The van der Waals surface area contributed by atoms with Gasteiger partial charge in [0.25, 0.3) is 5.91 Å². The van der Waals surface area contributed by atoms with Crippen molar-refractivity contribution < 1.29 is 57.9 Å². The molecule has 60 heavy (non-hydrogen) atoms. The van der Waals surface area contributed by atoms with E-state index in [0.29, 0.717) is 55.8 Å². The number of benzene rings is 1. The third-order valence-electron chi connectivity index (χ3n) is 9.59. The lowest BCUT2D eigenvalue weighted by Crippen LogP contribution is -2.54. The number of carbonyl (C=O) groups is 3. The van der Waals surface area contributed by atoms with Gasteiger partial charge in [0, 0.05) is 51.0 Å². The quantitative estimate of drug-likeness (QED) is 0.0375. The van der Waals surface area contributed by atoms with E-state index in [1.165, 1.54) is 0 Å². The van der Waals surface area contributed by atoms with Crippen LogP contribution in [0.3, 0.4) is 0 Å². The summed E-state index contributed by atoms with van der Waals surface area (Å²) in [5.41, 5.74) is 7.41. The molecule has 1 fully saturated rings. The molecule has 20 nitrogen and oxygen atoms in total. The monoisotopic (exact) mass is 851 g/mol. The number of likely N-dealkylation sites (N-methyl/N-ethyl adjacent to an activating group) is 1. The summed E-state index contributed by atoms with van der Waals surface area (Å²) in [4.78, 5) is 39.5. The zero-order valence-electron chi connectivity index (χ0n) is 36.0. The molecule has 20 heteroatoms. The highest BCUT2D eigenvalue weighted by Crippen LogP contribution is 2.24. The summed E-state index contributed by atoms with van der Waals surface area (Å²) in [5, 5.41) is 50.5. The normalized spacial score (nSPS) is 19.8. The summed E-state index contributed by atoms with van der Waals surface area (Å²) < 4.78 is 29.8. The summed E-state index contributed by atoms with van der Waals surface area (Å²) in [7, 11) is 5.91. The molecule has 0 spiro atoms. The Hall–Kier alpha value is -4.15. The van der Waals surface area contributed by atoms with Crippen molar-refractivity contribution in [1.29, 1.82) is 5.53 Å².